The summed E-state index contributed by atoms with van der Waals surface area (Å²) in [6.45, 7) is 8.03. The van der Waals surface area contributed by atoms with Gasteiger partial charge >= 0.3 is 0 Å². The van der Waals surface area contributed by atoms with Gasteiger partial charge in [0.2, 0.25) is 3.79 Å². The van der Waals surface area contributed by atoms with Crippen molar-refractivity contribution in [3.8, 4) is 0 Å². The third-order valence-electron chi connectivity index (χ3n) is 4.38. The summed E-state index contributed by atoms with van der Waals surface area (Å²) in [5.74, 6) is 0.121. The molecular formula is C21H24INO2. The van der Waals surface area contributed by atoms with Crippen LogP contribution >= 0.6 is 22.6 Å². The first-order chi connectivity index (χ1) is 11.9. The number of halogens is 1. The molecular weight excluding hydrogens is 425 g/mol. The predicted octanol–water partition coefficient (Wildman–Crippen LogP) is 5.53. The van der Waals surface area contributed by atoms with E-state index in [2.05, 4.69) is 55.9 Å². The minimum Gasteiger partial charge on any atom is -0.396 e. The number of hydrogen-bond donors (Lipinski definition) is 1. The van der Waals surface area contributed by atoms with Crippen LogP contribution in [-0.4, -0.2) is 22.2 Å². The average Bonchev–Trinajstić information content (AvgIpc) is 2.76. The second kappa shape index (κ2) is 8.72. The highest BCUT2D eigenvalue weighted by Gasteiger charge is 2.20. The number of carbonyl (C=O) groups is 1. The minimum absolute atomic E-state index is 0.0136. The van der Waals surface area contributed by atoms with Crippen molar-refractivity contribution in [2.75, 3.05) is 6.61 Å². The van der Waals surface area contributed by atoms with Crippen LogP contribution in [0.2, 0.25) is 0 Å². The zero-order chi connectivity index (χ0) is 18.4. The quantitative estimate of drug-likeness (QED) is 0.338. The summed E-state index contributed by atoms with van der Waals surface area (Å²) in [5.41, 5.74) is 3.44. The fourth-order valence-electron chi connectivity index (χ4n) is 2.95. The molecule has 0 fully saturated rings. The lowest BCUT2D eigenvalue weighted by Crippen LogP contribution is -2.05. The van der Waals surface area contributed by atoms with Gasteiger partial charge < -0.3 is 5.11 Å². The number of aliphatic hydroxyl groups excluding tert-OH is 1. The molecule has 0 spiro atoms. The number of carbonyl (C=O) groups excluding carboxylic acids is 1. The summed E-state index contributed by atoms with van der Waals surface area (Å²) in [6, 6.07) is 5.76. The maximum Gasteiger partial charge on any atom is 0.224 e. The Balaban J connectivity index is 2.46. The monoisotopic (exact) mass is 449 g/mol. The zero-order valence-corrected chi connectivity index (χ0v) is 16.9. The third kappa shape index (κ3) is 5.22. The molecule has 0 bridgehead atoms. The molecule has 1 aromatic rings. The maximum absolute atomic E-state index is 11.9. The number of benzene rings is 1. The van der Waals surface area contributed by atoms with Crippen molar-refractivity contribution in [1.29, 1.82) is 0 Å². The molecule has 0 saturated heterocycles. The standard InChI is InChI=1S/C21H24INO2/c1-21(2)11-4-6-15(10-12-21)17(7-5-13-24)16-8-9-19(23-3)18(14-16)20(22)25/h4,6,8-12,14,17,24H,3,5,7,13H2,1-2H3. The van der Waals surface area contributed by atoms with Crippen LogP contribution in [0.4, 0.5) is 5.69 Å². The molecule has 0 radical (unpaired) electrons. The van der Waals surface area contributed by atoms with Crippen LogP contribution in [0.25, 0.3) is 0 Å². The van der Waals surface area contributed by atoms with Gasteiger partial charge in [-0.2, -0.15) is 0 Å². The predicted molar refractivity (Wildman–Crippen MR) is 113 cm³/mol. The van der Waals surface area contributed by atoms with E-state index in [-0.39, 0.29) is 21.7 Å². The maximum atomic E-state index is 11.9. The topological polar surface area (TPSA) is 49.7 Å². The molecule has 132 valence electrons. The Kier molecular flexibility index (Phi) is 6.90. The number of hydrogen-bond acceptors (Lipinski definition) is 3. The van der Waals surface area contributed by atoms with Gasteiger partial charge in [0.05, 0.1) is 11.3 Å². The number of aliphatic hydroxyl groups is 1. The van der Waals surface area contributed by atoms with Crippen molar-refractivity contribution < 1.29 is 9.90 Å². The molecule has 1 aliphatic carbocycles. The first-order valence-electron chi connectivity index (χ1n) is 8.38. The molecule has 4 heteroatoms. The Morgan fingerprint density at radius 1 is 1.36 bits per heavy atom. The Bertz CT molecular complexity index is 744. The van der Waals surface area contributed by atoms with Crippen molar-refractivity contribution >= 4 is 38.8 Å². The molecule has 1 unspecified atom stereocenters. The molecule has 2 rings (SSSR count). The second-order valence-electron chi connectivity index (χ2n) is 6.81. The smallest absolute Gasteiger partial charge is 0.224 e. The summed E-state index contributed by atoms with van der Waals surface area (Å²) >= 11 is 1.78. The largest absolute Gasteiger partial charge is 0.396 e. The highest BCUT2D eigenvalue weighted by molar-refractivity contribution is 14.1. The Labute approximate surface area is 163 Å². The van der Waals surface area contributed by atoms with Gasteiger partial charge in [0, 0.05) is 40.5 Å². The summed E-state index contributed by atoms with van der Waals surface area (Å²) in [7, 11) is 0. The van der Waals surface area contributed by atoms with Gasteiger partial charge in [-0.3, -0.25) is 9.79 Å². The SMILES string of the molecule is C=Nc1ccc(C(CCCO)C2=CC=CC(C)(C)C=C2)cc1C(=O)I. The highest BCUT2D eigenvalue weighted by Crippen LogP contribution is 2.36. The third-order valence-corrected chi connectivity index (χ3v) is 4.96. The van der Waals surface area contributed by atoms with Crippen LogP contribution in [0.3, 0.4) is 0 Å². The van der Waals surface area contributed by atoms with Crippen molar-refractivity contribution in [2.24, 2.45) is 10.4 Å². The van der Waals surface area contributed by atoms with Crippen LogP contribution in [0.15, 0.2) is 59.1 Å². The first-order valence-corrected chi connectivity index (χ1v) is 9.46. The summed E-state index contributed by atoms with van der Waals surface area (Å²) < 4.78 is -0.0471. The Hall–Kier alpha value is -1.53. The molecule has 1 N–H and O–H groups in total. The Morgan fingerprint density at radius 2 is 2.12 bits per heavy atom. The van der Waals surface area contributed by atoms with Crippen LogP contribution in [0.1, 0.15) is 48.5 Å². The lowest BCUT2D eigenvalue weighted by molar-refractivity contribution is 0.110. The second-order valence-corrected chi connectivity index (χ2v) is 7.79. The molecule has 0 aromatic heterocycles. The molecule has 3 nitrogen and oxygen atoms in total. The molecule has 25 heavy (non-hydrogen) atoms. The van der Waals surface area contributed by atoms with Gasteiger partial charge in [0.25, 0.3) is 0 Å². The molecule has 0 aliphatic heterocycles. The number of allylic oxidation sites excluding steroid dienone is 6. The van der Waals surface area contributed by atoms with E-state index < -0.39 is 0 Å². The van der Waals surface area contributed by atoms with Gasteiger partial charge in [-0.1, -0.05) is 50.3 Å². The van der Waals surface area contributed by atoms with E-state index in [1.165, 1.54) is 5.57 Å². The normalized spacial score (nSPS) is 16.9. The highest BCUT2D eigenvalue weighted by atomic mass is 127. The van der Waals surface area contributed by atoms with Gasteiger partial charge in [-0.15, -0.1) is 0 Å². The summed E-state index contributed by atoms with van der Waals surface area (Å²) in [4.78, 5) is 15.9. The molecule has 1 aliphatic rings. The van der Waals surface area contributed by atoms with E-state index in [4.69, 9.17) is 0 Å². The van der Waals surface area contributed by atoms with Crippen LogP contribution in [0.5, 0.6) is 0 Å². The first kappa shape index (κ1) is 19.8. The summed E-state index contributed by atoms with van der Waals surface area (Å²) in [6.07, 6.45) is 12.3. The van der Waals surface area contributed by atoms with Crippen molar-refractivity contribution in [3.63, 3.8) is 0 Å². The molecule has 0 heterocycles. The van der Waals surface area contributed by atoms with E-state index in [1.807, 2.05) is 18.2 Å². The molecule has 1 atom stereocenters. The molecule has 0 amide bonds. The zero-order valence-electron chi connectivity index (χ0n) is 14.7. The lowest BCUT2D eigenvalue weighted by atomic mass is 9.85. The molecule has 0 saturated carbocycles. The number of aliphatic imine (C=N–C) groups is 1. The van der Waals surface area contributed by atoms with Crippen LogP contribution < -0.4 is 0 Å². The molecule has 1 aromatic carbocycles. The fraction of sp³-hybridized carbons (Fsp3) is 0.333. The van der Waals surface area contributed by atoms with E-state index in [9.17, 15) is 9.90 Å². The number of rotatable bonds is 7. The van der Waals surface area contributed by atoms with E-state index >= 15 is 0 Å². The van der Waals surface area contributed by atoms with E-state index in [0.717, 1.165) is 12.0 Å². The fourth-order valence-corrected chi connectivity index (χ4v) is 3.38. The van der Waals surface area contributed by atoms with E-state index in [1.54, 1.807) is 22.6 Å². The minimum atomic E-state index is -0.0471. The Morgan fingerprint density at radius 3 is 2.76 bits per heavy atom. The lowest BCUT2D eigenvalue weighted by Gasteiger charge is -2.20. The van der Waals surface area contributed by atoms with Gasteiger partial charge in [0.1, 0.15) is 0 Å². The van der Waals surface area contributed by atoms with Crippen molar-refractivity contribution in [3.05, 3.63) is 65.3 Å². The van der Waals surface area contributed by atoms with E-state index in [0.29, 0.717) is 17.7 Å². The van der Waals surface area contributed by atoms with Crippen LogP contribution in [-0.2, 0) is 0 Å². The van der Waals surface area contributed by atoms with Gasteiger partial charge in [-0.05, 0) is 42.8 Å². The summed E-state index contributed by atoms with van der Waals surface area (Å²) in [5, 5.41) is 9.29. The van der Waals surface area contributed by atoms with Crippen molar-refractivity contribution in [2.45, 2.75) is 32.6 Å². The number of nitrogens with zero attached hydrogens (tertiary/aromatic N) is 1. The van der Waals surface area contributed by atoms with Gasteiger partial charge in [0.15, 0.2) is 0 Å². The van der Waals surface area contributed by atoms with Crippen LogP contribution in [0, 0.1) is 5.41 Å². The van der Waals surface area contributed by atoms with Crippen molar-refractivity contribution in [1.82, 2.24) is 0 Å². The average molecular weight is 449 g/mol. The van der Waals surface area contributed by atoms with Gasteiger partial charge in [-0.25, -0.2) is 0 Å².